The van der Waals surface area contributed by atoms with E-state index in [0.29, 0.717) is 0 Å². The van der Waals surface area contributed by atoms with Crippen LogP contribution in [0.5, 0.6) is 0 Å². The maximum atomic E-state index is 11.1. The van der Waals surface area contributed by atoms with Crippen LogP contribution in [0.4, 0.5) is 0 Å². The highest BCUT2D eigenvalue weighted by Gasteiger charge is 2.01. The van der Waals surface area contributed by atoms with E-state index in [1.54, 1.807) is 6.20 Å². The number of carbonyl (C=O) groups is 1. The van der Waals surface area contributed by atoms with Crippen LogP contribution in [0.1, 0.15) is 12.5 Å². The van der Waals surface area contributed by atoms with Gasteiger partial charge in [-0.25, -0.2) is 9.78 Å². The van der Waals surface area contributed by atoms with Gasteiger partial charge in [0.1, 0.15) is 5.65 Å². The third-order valence-corrected chi connectivity index (χ3v) is 2.38. The maximum absolute atomic E-state index is 11.1. The van der Waals surface area contributed by atoms with E-state index in [-0.39, 0.29) is 5.97 Å². The van der Waals surface area contributed by atoms with Gasteiger partial charge in [0.2, 0.25) is 0 Å². The first kappa shape index (κ1) is 10.4. The Morgan fingerprint density at radius 3 is 3.06 bits per heavy atom. The standard InChI is InChI=1S/C12H12N2O2/c1-9(7-12(15)16-2)10-3-4-11-13-5-6-14(11)8-10/h3-8H,1-2H3/b9-7-. The van der Waals surface area contributed by atoms with Gasteiger partial charge in [0.15, 0.2) is 0 Å². The number of nitrogens with zero attached hydrogens (tertiary/aromatic N) is 2. The molecule has 0 unspecified atom stereocenters. The number of carbonyl (C=O) groups excluding carboxylic acids is 1. The van der Waals surface area contributed by atoms with Gasteiger partial charge < -0.3 is 9.14 Å². The predicted molar refractivity (Wildman–Crippen MR) is 60.9 cm³/mol. The number of pyridine rings is 1. The van der Waals surface area contributed by atoms with Crippen LogP contribution < -0.4 is 0 Å². The van der Waals surface area contributed by atoms with Crippen molar-refractivity contribution in [1.82, 2.24) is 9.38 Å². The molecule has 0 aliphatic heterocycles. The molecule has 0 spiro atoms. The monoisotopic (exact) mass is 216 g/mol. The summed E-state index contributed by atoms with van der Waals surface area (Å²) >= 11 is 0. The Kier molecular flexibility index (Phi) is 2.72. The lowest BCUT2D eigenvalue weighted by atomic mass is 10.1. The van der Waals surface area contributed by atoms with Crippen molar-refractivity contribution in [2.45, 2.75) is 6.92 Å². The van der Waals surface area contributed by atoms with Gasteiger partial charge in [-0.05, 0) is 30.2 Å². The van der Waals surface area contributed by atoms with Gasteiger partial charge in [-0.2, -0.15) is 0 Å². The number of esters is 1. The van der Waals surface area contributed by atoms with E-state index >= 15 is 0 Å². The Bertz CT molecular complexity index is 555. The molecule has 2 heterocycles. The average molecular weight is 216 g/mol. The smallest absolute Gasteiger partial charge is 0.330 e. The molecule has 82 valence electrons. The first-order valence-corrected chi connectivity index (χ1v) is 4.90. The van der Waals surface area contributed by atoms with Crippen molar-refractivity contribution < 1.29 is 9.53 Å². The van der Waals surface area contributed by atoms with Crippen LogP contribution in [0.3, 0.4) is 0 Å². The van der Waals surface area contributed by atoms with Crippen LogP contribution in [0.25, 0.3) is 11.2 Å². The number of allylic oxidation sites excluding steroid dienone is 1. The number of aromatic nitrogens is 2. The number of fused-ring (bicyclic) bond motifs is 1. The van der Waals surface area contributed by atoms with Crippen molar-refractivity contribution in [1.29, 1.82) is 0 Å². The molecule has 2 aromatic heterocycles. The summed E-state index contributed by atoms with van der Waals surface area (Å²) in [5.41, 5.74) is 2.72. The zero-order valence-corrected chi connectivity index (χ0v) is 9.18. The molecule has 2 rings (SSSR count). The van der Waals surface area contributed by atoms with Crippen molar-refractivity contribution >= 4 is 17.2 Å². The molecule has 0 atom stereocenters. The number of imidazole rings is 1. The molecule has 0 fully saturated rings. The maximum Gasteiger partial charge on any atom is 0.330 e. The van der Waals surface area contributed by atoms with Crippen molar-refractivity contribution in [3.63, 3.8) is 0 Å². The van der Waals surface area contributed by atoms with Crippen LogP contribution in [-0.4, -0.2) is 22.5 Å². The highest BCUT2D eigenvalue weighted by Crippen LogP contribution is 2.14. The Morgan fingerprint density at radius 2 is 2.31 bits per heavy atom. The molecule has 0 amide bonds. The predicted octanol–water partition coefficient (Wildman–Crippen LogP) is 1.91. The van der Waals surface area contributed by atoms with Gasteiger partial charge in [0.25, 0.3) is 0 Å². The lowest BCUT2D eigenvalue weighted by molar-refractivity contribution is -0.134. The summed E-state index contributed by atoms with van der Waals surface area (Å²) in [6, 6.07) is 3.83. The van der Waals surface area contributed by atoms with Crippen molar-refractivity contribution in [3.05, 3.63) is 42.4 Å². The van der Waals surface area contributed by atoms with Crippen LogP contribution in [-0.2, 0) is 9.53 Å². The fourth-order valence-electron chi connectivity index (χ4n) is 1.47. The third kappa shape index (κ3) is 1.95. The van der Waals surface area contributed by atoms with E-state index in [9.17, 15) is 4.79 Å². The molecule has 0 N–H and O–H groups in total. The van der Waals surface area contributed by atoms with Gasteiger partial charge in [-0.3, -0.25) is 0 Å². The number of methoxy groups -OCH3 is 1. The number of hydrogen-bond donors (Lipinski definition) is 0. The minimum Gasteiger partial charge on any atom is -0.466 e. The van der Waals surface area contributed by atoms with Gasteiger partial charge >= 0.3 is 5.97 Å². The van der Waals surface area contributed by atoms with E-state index in [1.807, 2.05) is 35.9 Å². The zero-order chi connectivity index (χ0) is 11.5. The summed E-state index contributed by atoms with van der Waals surface area (Å²) in [4.78, 5) is 15.2. The summed E-state index contributed by atoms with van der Waals surface area (Å²) in [6.07, 6.45) is 7.00. The normalized spacial score (nSPS) is 11.8. The number of ether oxygens (including phenoxy) is 1. The Labute approximate surface area is 93.2 Å². The van der Waals surface area contributed by atoms with Gasteiger partial charge in [0.05, 0.1) is 7.11 Å². The van der Waals surface area contributed by atoms with E-state index in [0.717, 1.165) is 16.8 Å². The third-order valence-electron chi connectivity index (χ3n) is 2.38. The molecular weight excluding hydrogens is 204 g/mol. The summed E-state index contributed by atoms with van der Waals surface area (Å²) in [7, 11) is 1.37. The molecule has 0 saturated heterocycles. The molecule has 0 aliphatic rings. The fourth-order valence-corrected chi connectivity index (χ4v) is 1.47. The lowest BCUT2D eigenvalue weighted by Gasteiger charge is -2.02. The van der Waals surface area contributed by atoms with E-state index in [1.165, 1.54) is 13.2 Å². The van der Waals surface area contributed by atoms with Crippen LogP contribution >= 0.6 is 0 Å². The van der Waals surface area contributed by atoms with Gasteiger partial charge in [-0.15, -0.1) is 0 Å². The lowest BCUT2D eigenvalue weighted by Crippen LogP contribution is -1.96. The second-order valence-corrected chi connectivity index (χ2v) is 3.46. The summed E-state index contributed by atoms with van der Waals surface area (Å²) in [5, 5.41) is 0. The molecule has 0 saturated carbocycles. The first-order valence-electron chi connectivity index (χ1n) is 4.90. The minimum absolute atomic E-state index is 0.344. The summed E-state index contributed by atoms with van der Waals surface area (Å²) < 4.78 is 6.49. The topological polar surface area (TPSA) is 43.6 Å². The SMILES string of the molecule is COC(=O)/C=C(/C)c1ccc2nccn2c1. The minimum atomic E-state index is -0.344. The van der Waals surface area contributed by atoms with Crippen LogP contribution in [0, 0.1) is 0 Å². The fraction of sp³-hybridized carbons (Fsp3) is 0.167. The van der Waals surface area contributed by atoms with Crippen molar-refractivity contribution in [3.8, 4) is 0 Å². The van der Waals surface area contributed by atoms with Crippen LogP contribution in [0.15, 0.2) is 36.8 Å². The van der Waals surface area contributed by atoms with Crippen molar-refractivity contribution in [2.24, 2.45) is 0 Å². The highest BCUT2D eigenvalue weighted by molar-refractivity contribution is 5.90. The van der Waals surface area contributed by atoms with E-state index in [4.69, 9.17) is 0 Å². The Balaban J connectivity index is 2.39. The number of rotatable bonds is 2. The molecule has 0 aromatic carbocycles. The second-order valence-electron chi connectivity index (χ2n) is 3.46. The van der Waals surface area contributed by atoms with Crippen LogP contribution in [0.2, 0.25) is 0 Å². The molecule has 16 heavy (non-hydrogen) atoms. The summed E-state index contributed by atoms with van der Waals surface area (Å²) in [6.45, 7) is 1.87. The Hall–Kier alpha value is -2.10. The number of hydrogen-bond acceptors (Lipinski definition) is 3. The summed E-state index contributed by atoms with van der Waals surface area (Å²) in [5.74, 6) is -0.344. The average Bonchev–Trinajstić information content (AvgIpc) is 2.75. The molecule has 0 aliphatic carbocycles. The molecule has 4 heteroatoms. The quantitative estimate of drug-likeness (QED) is 0.569. The second kappa shape index (κ2) is 4.18. The van der Waals surface area contributed by atoms with E-state index in [2.05, 4.69) is 9.72 Å². The molecule has 2 aromatic rings. The van der Waals surface area contributed by atoms with Crippen molar-refractivity contribution in [2.75, 3.05) is 7.11 Å². The first-order chi connectivity index (χ1) is 7.70. The van der Waals surface area contributed by atoms with Gasteiger partial charge in [-0.1, -0.05) is 0 Å². The van der Waals surface area contributed by atoms with Gasteiger partial charge in [0, 0.05) is 24.7 Å². The highest BCUT2D eigenvalue weighted by atomic mass is 16.5. The van der Waals surface area contributed by atoms with E-state index < -0.39 is 0 Å². The Morgan fingerprint density at radius 1 is 1.50 bits per heavy atom. The largest absolute Gasteiger partial charge is 0.466 e. The molecule has 4 nitrogen and oxygen atoms in total. The molecule has 0 bridgehead atoms. The molecule has 0 radical (unpaired) electrons. The molecular formula is C12H12N2O2. The zero-order valence-electron chi connectivity index (χ0n) is 9.18.